The van der Waals surface area contributed by atoms with Crippen LogP contribution in [-0.4, -0.2) is 15.8 Å². The summed E-state index contributed by atoms with van der Waals surface area (Å²) in [4.78, 5) is 15.3. The van der Waals surface area contributed by atoms with Crippen molar-refractivity contribution in [2.45, 2.75) is 6.04 Å². The van der Waals surface area contributed by atoms with Crippen LogP contribution in [0, 0.1) is 0 Å². The lowest BCUT2D eigenvalue weighted by Gasteiger charge is -2.23. The number of fused-ring (bicyclic) bond motifs is 5. The molecule has 1 unspecified atom stereocenters. The van der Waals surface area contributed by atoms with Gasteiger partial charge in [-0.1, -0.05) is 140 Å². The summed E-state index contributed by atoms with van der Waals surface area (Å²) < 4.78 is 0. The van der Waals surface area contributed by atoms with E-state index in [0.717, 1.165) is 55.9 Å². The number of rotatable bonds is 5. The molecule has 0 radical (unpaired) electrons. The number of aromatic nitrogens is 2. The van der Waals surface area contributed by atoms with E-state index in [1.54, 1.807) is 0 Å². The third kappa shape index (κ3) is 5.01. The summed E-state index contributed by atoms with van der Waals surface area (Å²) >= 11 is 0. The molecule has 4 nitrogen and oxygen atoms in total. The first-order valence-electron chi connectivity index (χ1n) is 16.2. The van der Waals surface area contributed by atoms with Gasteiger partial charge < -0.3 is 5.32 Å². The largest absolute Gasteiger partial charge is 0.340 e. The number of pyridine rings is 2. The fourth-order valence-corrected chi connectivity index (χ4v) is 6.77. The monoisotopic (exact) mass is 614 g/mol. The fraction of sp³-hybridized carbons (Fsp3) is 0.0227. The Bertz CT molecular complexity index is 2500. The number of hydrogen-bond donors (Lipinski definition) is 1. The van der Waals surface area contributed by atoms with Crippen LogP contribution in [0.5, 0.6) is 0 Å². The Labute approximate surface area is 278 Å². The lowest BCUT2D eigenvalue weighted by Crippen LogP contribution is -2.27. The molecule has 0 saturated heterocycles. The van der Waals surface area contributed by atoms with Gasteiger partial charge in [0.25, 0.3) is 0 Å². The maximum atomic E-state index is 5.23. The van der Waals surface area contributed by atoms with Gasteiger partial charge in [-0.25, -0.2) is 4.98 Å². The molecule has 0 saturated carbocycles. The zero-order chi connectivity index (χ0) is 31.9. The van der Waals surface area contributed by atoms with Crippen LogP contribution in [-0.2, 0) is 0 Å². The van der Waals surface area contributed by atoms with Crippen LogP contribution in [0.25, 0.3) is 60.7 Å². The average Bonchev–Trinajstić information content (AvgIpc) is 3.18. The van der Waals surface area contributed by atoms with E-state index in [2.05, 4.69) is 139 Å². The fourth-order valence-electron chi connectivity index (χ4n) is 6.77. The molecule has 0 bridgehead atoms. The van der Waals surface area contributed by atoms with Gasteiger partial charge in [0.1, 0.15) is 5.84 Å². The van der Waals surface area contributed by atoms with Gasteiger partial charge in [0, 0.05) is 33.6 Å². The van der Waals surface area contributed by atoms with Crippen molar-refractivity contribution < 1.29 is 0 Å². The summed E-state index contributed by atoms with van der Waals surface area (Å²) in [5.74, 6) is 0.837. The Morgan fingerprint density at radius 2 is 1.19 bits per heavy atom. The number of benzene rings is 6. The molecule has 6 aromatic carbocycles. The standard InChI is InChI=1S/C44H30N4/c1-3-11-29(12-4-1)30-19-21-32(22-20-30)39-28-40(48-44(47-39)33-14-5-2-6-15-33)34-25-26-45-41(27-34)43-37-24-23-31-13-7-8-16-35(31)42(37)36-17-9-10-18-38(36)46-43/h1-28,40H,(H,47,48). The van der Waals surface area contributed by atoms with Crippen LogP contribution < -0.4 is 5.32 Å². The lowest BCUT2D eigenvalue weighted by molar-refractivity contribution is 0.877. The van der Waals surface area contributed by atoms with Crippen molar-refractivity contribution in [3.05, 3.63) is 187 Å². The first-order valence-corrected chi connectivity index (χ1v) is 16.2. The van der Waals surface area contributed by atoms with Crippen LogP contribution in [0.3, 0.4) is 0 Å². The number of nitrogens with one attached hydrogen (secondary N) is 1. The Kier molecular flexibility index (Phi) is 6.83. The molecular weight excluding hydrogens is 585 g/mol. The molecule has 4 heteroatoms. The highest BCUT2D eigenvalue weighted by Crippen LogP contribution is 2.37. The molecule has 0 fully saturated rings. The van der Waals surface area contributed by atoms with E-state index in [1.807, 2.05) is 36.5 Å². The number of para-hydroxylation sites is 1. The minimum absolute atomic E-state index is 0.223. The van der Waals surface area contributed by atoms with E-state index in [-0.39, 0.29) is 6.04 Å². The molecule has 1 aliphatic heterocycles. The summed E-state index contributed by atoms with van der Waals surface area (Å²) in [6.07, 6.45) is 4.10. The van der Waals surface area contributed by atoms with Crippen LogP contribution in [0.4, 0.5) is 0 Å². The first-order chi connectivity index (χ1) is 23.8. The Morgan fingerprint density at radius 1 is 0.521 bits per heavy atom. The van der Waals surface area contributed by atoms with Crippen LogP contribution >= 0.6 is 0 Å². The van der Waals surface area contributed by atoms with E-state index in [0.29, 0.717) is 0 Å². The summed E-state index contributed by atoms with van der Waals surface area (Å²) in [6, 6.07) is 54.8. The highest BCUT2D eigenvalue weighted by Gasteiger charge is 2.21. The molecule has 48 heavy (non-hydrogen) atoms. The minimum Gasteiger partial charge on any atom is -0.340 e. The van der Waals surface area contributed by atoms with Gasteiger partial charge in [0.15, 0.2) is 0 Å². The quantitative estimate of drug-likeness (QED) is 0.196. The molecule has 0 aliphatic carbocycles. The topological polar surface area (TPSA) is 50.2 Å². The summed E-state index contributed by atoms with van der Waals surface area (Å²) in [7, 11) is 0. The summed E-state index contributed by atoms with van der Waals surface area (Å²) in [5.41, 5.74) is 9.26. The van der Waals surface area contributed by atoms with Gasteiger partial charge in [-0.3, -0.25) is 9.98 Å². The summed E-state index contributed by atoms with van der Waals surface area (Å²) in [5, 5.41) is 9.49. The van der Waals surface area contributed by atoms with E-state index in [4.69, 9.17) is 15.0 Å². The van der Waals surface area contributed by atoms with Gasteiger partial charge >= 0.3 is 0 Å². The maximum absolute atomic E-state index is 5.23. The van der Waals surface area contributed by atoms with Gasteiger partial charge in [-0.05, 0) is 57.3 Å². The second-order valence-corrected chi connectivity index (χ2v) is 12.1. The van der Waals surface area contributed by atoms with Crippen molar-refractivity contribution in [2.24, 2.45) is 4.99 Å². The van der Waals surface area contributed by atoms with Crippen LogP contribution in [0.2, 0.25) is 0 Å². The third-order valence-corrected chi connectivity index (χ3v) is 9.15. The summed E-state index contributed by atoms with van der Waals surface area (Å²) in [6.45, 7) is 0. The maximum Gasteiger partial charge on any atom is 0.133 e. The lowest BCUT2D eigenvalue weighted by atomic mass is 9.95. The second kappa shape index (κ2) is 11.8. The Morgan fingerprint density at radius 3 is 2.00 bits per heavy atom. The molecule has 1 atom stereocenters. The van der Waals surface area contributed by atoms with Gasteiger partial charge in [0.2, 0.25) is 0 Å². The molecule has 3 heterocycles. The van der Waals surface area contributed by atoms with Crippen molar-refractivity contribution >= 4 is 44.0 Å². The van der Waals surface area contributed by atoms with E-state index < -0.39 is 0 Å². The van der Waals surface area contributed by atoms with Crippen molar-refractivity contribution in [1.82, 2.24) is 15.3 Å². The molecule has 1 aliphatic rings. The molecule has 1 N–H and O–H groups in total. The highest BCUT2D eigenvalue weighted by atomic mass is 15.0. The number of amidine groups is 1. The molecule has 226 valence electrons. The Balaban J connectivity index is 1.17. The zero-order valence-electron chi connectivity index (χ0n) is 26.1. The molecule has 2 aromatic heterocycles. The predicted molar refractivity (Wildman–Crippen MR) is 199 cm³/mol. The van der Waals surface area contributed by atoms with Gasteiger partial charge in [-0.2, -0.15) is 0 Å². The molecule has 0 spiro atoms. The Hall–Kier alpha value is -6.39. The number of nitrogens with zero attached hydrogens (tertiary/aromatic N) is 3. The SMILES string of the molecule is C1=C(c2ccc(-c3ccccc3)cc2)NC(c2ccccc2)=NC1c1ccnc(-c2nc3ccccc3c3c2ccc2ccccc23)c1. The zero-order valence-corrected chi connectivity index (χ0v) is 26.1. The van der Waals surface area contributed by atoms with Crippen molar-refractivity contribution in [3.8, 4) is 22.5 Å². The minimum atomic E-state index is -0.223. The number of hydrogen-bond acceptors (Lipinski definition) is 4. The smallest absolute Gasteiger partial charge is 0.133 e. The second-order valence-electron chi connectivity index (χ2n) is 12.1. The van der Waals surface area contributed by atoms with Crippen molar-refractivity contribution in [3.63, 3.8) is 0 Å². The van der Waals surface area contributed by atoms with Crippen molar-refractivity contribution in [2.75, 3.05) is 0 Å². The van der Waals surface area contributed by atoms with Gasteiger partial charge in [0.05, 0.1) is 22.9 Å². The third-order valence-electron chi connectivity index (χ3n) is 9.15. The molecular formula is C44H30N4. The molecule has 8 aromatic rings. The molecule has 9 rings (SSSR count). The average molecular weight is 615 g/mol. The van der Waals surface area contributed by atoms with Gasteiger partial charge in [-0.15, -0.1) is 0 Å². The first kappa shape index (κ1) is 27.9. The van der Waals surface area contributed by atoms with E-state index >= 15 is 0 Å². The van der Waals surface area contributed by atoms with E-state index in [1.165, 1.54) is 27.3 Å². The highest BCUT2D eigenvalue weighted by molar-refractivity contribution is 6.22. The van der Waals surface area contributed by atoms with Crippen LogP contribution in [0.1, 0.15) is 22.7 Å². The normalized spacial score (nSPS) is 14.5. The number of aliphatic imine (C=N–C) groups is 1. The van der Waals surface area contributed by atoms with E-state index in [9.17, 15) is 0 Å². The predicted octanol–water partition coefficient (Wildman–Crippen LogP) is 10.4. The molecule has 0 amide bonds. The van der Waals surface area contributed by atoms with Crippen molar-refractivity contribution in [1.29, 1.82) is 0 Å². The van der Waals surface area contributed by atoms with Crippen LogP contribution in [0.15, 0.2) is 175 Å².